The molecule has 0 aliphatic heterocycles. The number of hydrogen-bond acceptors (Lipinski definition) is 4. The minimum Gasteiger partial charge on any atom is -0.497 e. The average Bonchev–Trinajstić information content (AvgIpc) is 2.70. The van der Waals surface area contributed by atoms with Gasteiger partial charge in [0.05, 0.1) is 13.5 Å². The summed E-state index contributed by atoms with van der Waals surface area (Å²) >= 11 is 0. The van der Waals surface area contributed by atoms with E-state index in [-0.39, 0.29) is 5.91 Å². The first-order chi connectivity index (χ1) is 13.2. The van der Waals surface area contributed by atoms with Crippen LogP contribution >= 0.6 is 0 Å². The molecule has 1 amide bonds. The van der Waals surface area contributed by atoms with E-state index in [1.54, 1.807) is 7.11 Å². The number of carbonyl (C=O) groups is 1. The van der Waals surface area contributed by atoms with E-state index in [0.717, 1.165) is 42.3 Å². The van der Waals surface area contributed by atoms with Crippen molar-refractivity contribution in [3.05, 3.63) is 59.7 Å². The number of hydrogen-bond donors (Lipinski definition) is 1. The van der Waals surface area contributed by atoms with Crippen molar-refractivity contribution in [2.24, 2.45) is 0 Å². The van der Waals surface area contributed by atoms with E-state index >= 15 is 0 Å². The Bertz CT molecular complexity index is 714. The highest BCUT2D eigenvalue weighted by molar-refractivity contribution is 5.78. The van der Waals surface area contributed by atoms with Crippen LogP contribution in [0.1, 0.15) is 25.0 Å². The molecule has 2 aromatic carbocycles. The SMILES string of the molecule is CCN(CC)CCOc1ccccc1CNC(=O)Cc1cccc(OC)c1. The van der Waals surface area contributed by atoms with Gasteiger partial charge in [-0.1, -0.05) is 44.2 Å². The summed E-state index contributed by atoms with van der Waals surface area (Å²) in [7, 11) is 1.62. The highest BCUT2D eigenvalue weighted by Crippen LogP contribution is 2.18. The Kier molecular flexibility index (Phi) is 8.65. The predicted molar refractivity (Wildman–Crippen MR) is 108 cm³/mol. The van der Waals surface area contributed by atoms with Gasteiger partial charge in [-0.2, -0.15) is 0 Å². The third-order valence-corrected chi connectivity index (χ3v) is 4.51. The molecule has 0 heterocycles. The van der Waals surface area contributed by atoms with Crippen molar-refractivity contribution in [2.45, 2.75) is 26.8 Å². The van der Waals surface area contributed by atoms with Crippen LogP contribution < -0.4 is 14.8 Å². The molecule has 146 valence electrons. The van der Waals surface area contributed by atoms with Crippen LogP contribution in [0.3, 0.4) is 0 Å². The zero-order valence-corrected chi connectivity index (χ0v) is 16.5. The summed E-state index contributed by atoms with van der Waals surface area (Å²) in [5.74, 6) is 1.56. The minimum absolute atomic E-state index is 0.0267. The Labute approximate surface area is 162 Å². The van der Waals surface area contributed by atoms with Gasteiger partial charge in [0.1, 0.15) is 18.1 Å². The van der Waals surface area contributed by atoms with E-state index in [2.05, 4.69) is 24.1 Å². The molecule has 5 nitrogen and oxygen atoms in total. The molecule has 1 N–H and O–H groups in total. The molecule has 2 rings (SSSR count). The molecule has 0 saturated heterocycles. The Balaban J connectivity index is 1.86. The molecule has 0 radical (unpaired) electrons. The maximum absolute atomic E-state index is 12.3. The average molecular weight is 370 g/mol. The Morgan fingerprint density at radius 1 is 1.07 bits per heavy atom. The van der Waals surface area contributed by atoms with Gasteiger partial charge in [0.15, 0.2) is 0 Å². The molecule has 27 heavy (non-hydrogen) atoms. The van der Waals surface area contributed by atoms with Gasteiger partial charge >= 0.3 is 0 Å². The predicted octanol–water partition coefficient (Wildman–Crippen LogP) is 3.27. The van der Waals surface area contributed by atoms with E-state index in [1.807, 2.05) is 48.5 Å². The second-order valence-electron chi connectivity index (χ2n) is 6.29. The maximum atomic E-state index is 12.3. The van der Waals surface area contributed by atoms with Crippen LogP contribution in [0.25, 0.3) is 0 Å². The smallest absolute Gasteiger partial charge is 0.224 e. The number of likely N-dealkylation sites (N-methyl/N-ethyl adjacent to an activating group) is 1. The first-order valence-electron chi connectivity index (χ1n) is 9.49. The van der Waals surface area contributed by atoms with Gasteiger partial charge in [-0.15, -0.1) is 0 Å². The molecule has 0 aromatic heterocycles. The number of benzene rings is 2. The van der Waals surface area contributed by atoms with Gasteiger partial charge < -0.3 is 19.7 Å². The lowest BCUT2D eigenvalue weighted by molar-refractivity contribution is -0.120. The molecular weight excluding hydrogens is 340 g/mol. The second kappa shape index (κ2) is 11.2. The minimum atomic E-state index is -0.0267. The number of nitrogens with one attached hydrogen (secondary N) is 1. The largest absolute Gasteiger partial charge is 0.497 e. The maximum Gasteiger partial charge on any atom is 0.224 e. The fourth-order valence-corrected chi connectivity index (χ4v) is 2.84. The number of para-hydroxylation sites is 1. The molecule has 0 saturated carbocycles. The molecule has 0 bridgehead atoms. The molecule has 0 atom stereocenters. The van der Waals surface area contributed by atoms with E-state index in [9.17, 15) is 4.79 Å². The van der Waals surface area contributed by atoms with Gasteiger partial charge in [0.25, 0.3) is 0 Å². The molecule has 2 aromatic rings. The fourth-order valence-electron chi connectivity index (χ4n) is 2.84. The summed E-state index contributed by atoms with van der Waals surface area (Å²) in [6.07, 6.45) is 0.322. The summed E-state index contributed by atoms with van der Waals surface area (Å²) in [6.45, 7) is 8.30. The number of amides is 1. The van der Waals surface area contributed by atoms with Gasteiger partial charge in [0, 0.05) is 18.7 Å². The van der Waals surface area contributed by atoms with Crippen LogP contribution in [-0.2, 0) is 17.8 Å². The monoisotopic (exact) mass is 370 g/mol. The van der Waals surface area contributed by atoms with Crippen molar-refractivity contribution in [1.29, 1.82) is 0 Å². The zero-order chi connectivity index (χ0) is 19.5. The standard InChI is InChI=1S/C22H30N2O3/c1-4-24(5-2)13-14-27-21-12-7-6-10-19(21)17-23-22(25)16-18-9-8-11-20(15-18)26-3/h6-12,15H,4-5,13-14,16-17H2,1-3H3,(H,23,25). The molecular formula is C22H30N2O3. The van der Waals surface area contributed by atoms with Crippen LogP contribution in [0.2, 0.25) is 0 Å². The van der Waals surface area contributed by atoms with Crippen molar-refractivity contribution in [3.63, 3.8) is 0 Å². The molecule has 0 aliphatic rings. The van der Waals surface area contributed by atoms with Crippen molar-refractivity contribution in [2.75, 3.05) is 33.4 Å². The normalized spacial score (nSPS) is 10.7. The summed E-state index contributed by atoms with van der Waals surface area (Å²) in [6, 6.07) is 15.4. The van der Waals surface area contributed by atoms with Crippen LogP contribution in [0.4, 0.5) is 0 Å². The summed E-state index contributed by atoms with van der Waals surface area (Å²) < 4.78 is 11.1. The van der Waals surface area contributed by atoms with E-state index in [4.69, 9.17) is 9.47 Å². The topological polar surface area (TPSA) is 50.8 Å². The van der Waals surface area contributed by atoms with Crippen LogP contribution in [0.5, 0.6) is 11.5 Å². The molecule has 0 unspecified atom stereocenters. The van der Waals surface area contributed by atoms with Crippen LogP contribution in [0, 0.1) is 0 Å². The number of carbonyl (C=O) groups excluding carboxylic acids is 1. The summed E-state index contributed by atoms with van der Waals surface area (Å²) in [4.78, 5) is 14.6. The van der Waals surface area contributed by atoms with Gasteiger partial charge in [-0.3, -0.25) is 4.79 Å². The van der Waals surface area contributed by atoms with Crippen molar-refractivity contribution in [1.82, 2.24) is 10.2 Å². The van der Waals surface area contributed by atoms with Gasteiger partial charge in [-0.05, 0) is 36.9 Å². The van der Waals surface area contributed by atoms with E-state index < -0.39 is 0 Å². The fraction of sp³-hybridized carbons (Fsp3) is 0.409. The Morgan fingerprint density at radius 2 is 1.85 bits per heavy atom. The van der Waals surface area contributed by atoms with Gasteiger partial charge in [0.2, 0.25) is 5.91 Å². The summed E-state index contributed by atoms with van der Waals surface area (Å²) in [5.41, 5.74) is 1.91. The van der Waals surface area contributed by atoms with Crippen molar-refractivity contribution < 1.29 is 14.3 Å². The molecule has 0 aliphatic carbocycles. The van der Waals surface area contributed by atoms with Gasteiger partial charge in [-0.25, -0.2) is 0 Å². The van der Waals surface area contributed by atoms with Crippen LogP contribution in [0.15, 0.2) is 48.5 Å². The van der Waals surface area contributed by atoms with Crippen molar-refractivity contribution >= 4 is 5.91 Å². The third-order valence-electron chi connectivity index (χ3n) is 4.51. The lowest BCUT2D eigenvalue weighted by atomic mass is 10.1. The quantitative estimate of drug-likeness (QED) is 0.660. The van der Waals surface area contributed by atoms with E-state index in [1.165, 1.54) is 0 Å². The molecule has 0 spiro atoms. The van der Waals surface area contributed by atoms with Crippen LogP contribution in [-0.4, -0.2) is 44.2 Å². The second-order valence-corrected chi connectivity index (χ2v) is 6.29. The Hall–Kier alpha value is -2.53. The lowest BCUT2D eigenvalue weighted by Gasteiger charge is -2.19. The first-order valence-corrected chi connectivity index (χ1v) is 9.49. The lowest BCUT2D eigenvalue weighted by Crippen LogP contribution is -2.28. The summed E-state index contributed by atoms with van der Waals surface area (Å²) in [5, 5.41) is 2.98. The molecule has 0 fully saturated rings. The highest BCUT2D eigenvalue weighted by atomic mass is 16.5. The number of methoxy groups -OCH3 is 1. The Morgan fingerprint density at radius 3 is 2.59 bits per heavy atom. The van der Waals surface area contributed by atoms with Crippen molar-refractivity contribution in [3.8, 4) is 11.5 Å². The van der Waals surface area contributed by atoms with E-state index in [0.29, 0.717) is 19.6 Å². The zero-order valence-electron chi connectivity index (χ0n) is 16.5. The number of ether oxygens (including phenoxy) is 2. The third kappa shape index (κ3) is 6.94. The number of rotatable bonds is 11. The first kappa shape index (κ1) is 20.8. The molecule has 5 heteroatoms. The number of nitrogens with zero attached hydrogens (tertiary/aromatic N) is 1. The highest BCUT2D eigenvalue weighted by Gasteiger charge is 2.08.